The molecule has 11 rings (SSSR count). The Morgan fingerprint density at radius 3 is 2.39 bits per heavy atom. The number of Topliss-reactive ketones (excluding diaryl/α,β-unsaturated/α-hetero) is 1. The van der Waals surface area contributed by atoms with E-state index in [1.165, 1.54) is 11.3 Å². The number of aromatic nitrogens is 1. The smallest absolute Gasteiger partial charge is 0.413 e. The zero-order valence-electron chi connectivity index (χ0n) is 47.9. The normalized spacial score (nSPS) is 25.8. The molecule has 0 spiro atoms. The molecule has 2 aliphatic heterocycles. The molecule has 5 amide bonds. The number of nitrogens with one attached hydrogen (secondary N) is 4. The highest BCUT2D eigenvalue weighted by Crippen LogP contribution is 2.70. The van der Waals surface area contributed by atoms with Gasteiger partial charge in [-0.3, -0.25) is 38.9 Å². The predicted octanol–water partition coefficient (Wildman–Crippen LogP) is 7.22. The number of fused-ring (bicyclic) bond motifs is 9. The average molecular weight is 1200 g/mol. The maximum absolute atomic E-state index is 14.0. The number of rotatable bonds is 19. The minimum Gasteiger partial charge on any atom is -0.481 e. The van der Waals surface area contributed by atoms with Gasteiger partial charge < -0.3 is 50.4 Å². The highest BCUT2D eigenvalue weighted by Gasteiger charge is 2.76. The van der Waals surface area contributed by atoms with Gasteiger partial charge in [0.25, 0.3) is 0 Å². The van der Waals surface area contributed by atoms with Crippen molar-refractivity contribution < 1.29 is 67.9 Å². The highest BCUT2D eigenvalue weighted by atomic mass is 32.1. The number of hydrogen-bond donors (Lipinski definition) is 7. The fourth-order valence-corrected chi connectivity index (χ4v) is 14.9. The lowest BCUT2D eigenvalue weighted by molar-refractivity contribution is -0.201. The second kappa shape index (κ2) is 25.0. The van der Waals surface area contributed by atoms with Crippen molar-refractivity contribution in [1.29, 1.82) is 0 Å². The lowest BCUT2D eigenvalue weighted by atomic mass is 9.46. The molecule has 0 unspecified atom stereocenters. The van der Waals surface area contributed by atoms with Crippen molar-refractivity contribution in [2.24, 2.45) is 28.6 Å². The second-order valence-electron chi connectivity index (χ2n) is 23.5. The Morgan fingerprint density at radius 2 is 1.62 bits per heavy atom. The van der Waals surface area contributed by atoms with E-state index in [2.05, 4.69) is 45.0 Å². The lowest BCUT2D eigenvalue weighted by Gasteiger charge is -2.59. The van der Waals surface area contributed by atoms with Gasteiger partial charge in [0.1, 0.15) is 19.3 Å². The third-order valence-electron chi connectivity index (χ3n) is 18.3. The van der Waals surface area contributed by atoms with Crippen molar-refractivity contribution in [2.75, 3.05) is 28.7 Å². The molecule has 4 aromatic carbocycles. The number of hydrogen-bond acceptors (Lipinski definition) is 15. The number of thiazole rings is 1. The topological polar surface area (TPSA) is 289 Å². The number of allylic oxidation sites excluding steroid dienone is 4. The maximum Gasteiger partial charge on any atom is 0.413 e. The molecule has 21 heteroatoms. The van der Waals surface area contributed by atoms with Crippen LogP contribution < -0.4 is 26.2 Å². The lowest BCUT2D eigenvalue weighted by Crippen LogP contribution is -2.63. The summed E-state index contributed by atoms with van der Waals surface area (Å²) in [6, 6.07) is 27.4. The van der Waals surface area contributed by atoms with E-state index in [1.807, 2.05) is 73.7 Å². The number of ketones is 2. The summed E-state index contributed by atoms with van der Waals surface area (Å²) in [5.41, 5.74) is 3.71. The van der Waals surface area contributed by atoms with Gasteiger partial charge in [-0.2, -0.15) is 0 Å². The molecule has 5 aromatic rings. The summed E-state index contributed by atoms with van der Waals surface area (Å²) in [6.07, 6.45) is 5.55. The Hall–Kier alpha value is -8.65. The number of carboxylic acids is 1. The number of ether oxygens (including phenoxy) is 3. The number of aliphatic carboxylic acids is 1. The second-order valence-corrected chi connectivity index (χ2v) is 24.6. The summed E-state index contributed by atoms with van der Waals surface area (Å²) >= 11 is 1.27. The summed E-state index contributed by atoms with van der Waals surface area (Å²) in [5.74, 6) is 2.13. The first-order chi connectivity index (χ1) is 41.8. The SMILES string of the molecule is C[C@]12C=CC(=O)C=C1CC[C@@H]1[C@@H]2[C@@H](O)C[C@@]2(C)[C@H]1C[C@H]1O[C@@H](c3ccc(Cc4cnc(NC(=O)OCc5ccc(NC(=O)[C@H](CCC(=O)O)NC(=O)CNC(=O)CCC(=O)N6Cc7ccccc7C#Cc7ccccc76)cc5)s4)cc3)O[C@]12C(=O)CO. The minimum atomic E-state index is -1.47. The Morgan fingerprint density at radius 1 is 0.885 bits per heavy atom. The van der Waals surface area contributed by atoms with E-state index in [-0.39, 0.29) is 68.3 Å². The molecule has 6 aliphatic rings. The van der Waals surface area contributed by atoms with Crippen LogP contribution in [0.25, 0.3) is 0 Å². The van der Waals surface area contributed by atoms with Crippen LogP contribution in [-0.2, 0) is 67.3 Å². The molecule has 4 aliphatic carbocycles. The molecule has 3 saturated carbocycles. The van der Waals surface area contributed by atoms with Crippen LogP contribution in [0.2, 0.25) is 0 Å². The van der Waals surface area contributed by atoms with Gasteiger partial charge in [0.2, 0.25) is 23.6 Å². The Labute approximate surface area is 505 Å². The van der Waals surface area contributed by atoms with Gasteiger partial charge in [0.15, 0.2) is 28.6 Å². The number of anilines is 3. The molecular formula is C66H66N6O14S. The standard InChI is InChI=1S/C66H66N6O14S/c1-64-28-27-46(74)30-44(64)19-22-48-49-31-54-66(53(76)36-73,65(49,2)32-52(75)59(48)64)86-61(85-54)42-15-11-38(12-16-42)29-47-33-68-62(87-47)71-63(83)84-37-39-13-20-45(21-14-39)69-60(82)50(23-26-58(80)81)70-56(78)34-67-55(77)24-25-57(79)72-35-43-9-4-3-7-40(43)17-18-41-8-5-6-10-51(41)72/h3-16,20-21,27-28,30,33,48-50,52,54,59,61,73,75H,19,22-26,29,31-32,34-37H2,1-2H3,(H,67,77)(H,69,82)(H,70,78)(H,80,81)(H,68,71,83)/t48-,49-,50-,52-,54+,59+,61+,64-,65-,66+/m0/s1. The third-order valence-corrected chi connectivity index (χ3v) is 19.2. The van der Waals surface area contributed by atoms with Crippen LogP contribution in [0.1, 0.15) is 110 Å². The van der Waals surface area contributed by atoms with Gasteiger partial charge in [-0.15, -0.1) is 11.3 Å². The Kier molecular flexibility index (Phi) is 17.2. The van der Waals surface area contributed by atoms with Crippen molar-refractivity contribution in [1.82, 2.24) is 15.6 Å². The number of benzene rings is 4. The van der Waals surface area contributed by atoms with Gasteiger partial charge in [-0.25, -0.2) is 9.78 Å². The van der Waals surface area contributed by atoms with Gasteiger partial charge >= 0.3 is 12.1 Å². The summed E-state index contributed by atoms with van der Waals surface area (Å²) in [7, 11) is 0. The van der Waals surface area contributed by atoms with E-state index in [9.17, 15) is 53.7 Å². The van der Waals surface area contributed by atoms with E-state index < -0.39 is 96.1 Å². The first-order valence-electron chi connectivity index (χ1n) is 29.1. The third kappa shape index (κ3) is 12.2. The van der Waals surface area contributed by atoms with Crippen LogP contribution in [0.3, 0.4) is 0 Å². The molecule has 4 fully saturated rings. The summed E-state index contributed by atoms with van der Waals surface area (Å²) in [4.78, 5) is 110. The molecule has 20 nitrogen and oxygen atoms in total. The van der Waals surface area contributed by atoms with Gasteiger partial charge in [0.05, 0.1) is 31.0 Å². The molecule has 87 heavy (non-hydrogen) atoms. The fraction of sp³-hybridized carbons (Fsp3) is 0.379. The van der Waals surface area contributed by atoms with Crippen LogP contribution >= 0.6 is 11.3 Å². The molecule has 10 atom stereocenters. The van der Waals surface area contributed by atoms with Crippen LogP contribution in [-0.4, -0.2) is 105 Å². The van der Waals surface area contributed by atoms with Crippen molar-refractivity contribution >= 4 is 75.1 Å². The van der Waals surface area contributed by atoms with Crippen LogP contribution in [0.5, 0.6) is 0 Å². The fourth-order valence-electron chi connectivity index (χ4n) is 14.1. The quantitative estimate of drug-likeness (QED) is 0.0402. The number of carbonyl (C=O) groups excluding carboxylic acids is 7. The number of aliphatic hydroxyl groups is 2. The average Bonchev–Trinajstić information content (AvgIpc) is 1.56. The summed E-state index contributed by atoms with van der Waals surface area (Å²) in [5, 5.41) is 42.4. The van der Waals surface area contributed by atoms with Crippen LogP contribution in [0.4, 0.5) is 21.3 Å². The van der Waals surface area contributed by atoms with E-state index in [1.54, 1.807) is 59.6 Å². The number of amides is 5. The molecule has 1 aromatic heterocycles. The van der Waals surface area contributed by atoms with Crippen molar-refractivity contribution in [3.8, 4) is 11.8 Å². The van der Waals surface area contributed by atoms with Gasteiger partial charge in [-0.1, -0.05) is 104 Å². The van der Waals surface area contributed by atoms with E-state index in [4.69, 9.17) is 14.2 Å². The molecule has 0 radical (unpaired) electrons. The molecule has 3 heterocycles. The number of carbonyl (C=O) groups is 8. The summed E-state index contributed by atoms with van der Waals surface area (Å²) < 4.78 is 18.8. The highest BCUT2D eigenvalue weighted by molar-refractivity contribution is 7.15. The zero-order chi connectivity index (χ0) is 61.2. The van der Waals surface area contributed by atoms with Crippen molar-refractivity contribution in [3.63, 3.8) is 0 Å². The first-order valence-corrected chi connectivity index (χ1v) is 29.9. The number of aliphatic hydroxyl groups excluding tert-OH is 2. The van der Waals surface area contributed by atoms with Gasteiger partial charge in [0, 0.05) is 75.9 Å². The first kappa shape index (κ1) is 60.1. The molecule has 7 N–H and O–H groups in total. The molecule has 0 bridgehead atoms. The Balaban J connectivity index is 0.624. The number of para-hydroxylation sites is 1. The number of carboxylic acid groups (broad SMARTS) is 1. The van der Waals surface area contributed by atoms with Crippen molar-refractivity contribution in [3.05, 3.63) is 165 Å². The largest absolute Gasteiger partial charge is 0.481 e. The van der Waals surface area contributed by atoms with E-state index in [0.717, 1.165) is 40.0 Å². The molecule has 1 saturated heterocycles. The van der Waals surface area contributed by atoms with Crippen LogP contribution in [0.15, 0.2) is 127 Å². The monoisotopic (exact) mass is 1200 g/mol. The predicted molar refractivity (Wildman–Crippen MR) is 318 cm³/mol. The van der Waals surface area contributed by atoms with E-state index >= 15 is 0 Å². The number of nitrogens with zero attached hydrogens (tertiary/aromatic N) is 2. The molecular weight excluding hydrogens is 1130 g/mol. The zero-order valence-corrected chi connectivity index (χ0v) is 48.7. The minimum absolute atomic E-state index is 0.0272. The van der Waals surface area contributed by atoms with Gasteiger partial charge in [-0.05, 0) is 103 Å². The van der Waals surface area contributed by atoms with Crippen molar-refractivity contribution in [2.45, 2.75) is 115 Å². The van der Waals surface area contributed by atoms with Crippen LogP contribution in [0, 0.1) is 40.4 Å². The molecule has 450 valence electrons. The van der Waals surface area contributed by atoms with E-state index in [0.29, 0.717) is 46.0 Å². The maximum atomic E-state index is 14.0. The Bertz CT molecular complexity index is 3680. The summed E-state index contributed by atoms with van der Waals surface area (Å²) in [6.45, 7) is 2.96.